The molecule has 0 saturated heterocycles. The third kappa shape index (κ3) is 4.30. The van der Waals surface area contributed by atoms with Gasteiger partial charge in [0.2, 0.25) is 0 Å². The van der Waals surface area contributed by atoms with E-state index in [0.717, 1.165) is 0 Å². The summed E-state index contributed by atoms with van der Waals surface area (Å²) < 4.78 is 0. The molecule has 0 aromatic heterocycles. The van der Waals surface area contributed by atoms with E-state index in [4.69, 9.17) is 0 Å². The predicted octanol–water partition coefficient (Wildman–Crippen LogP) is 14.8. The van der Waals surface area contributed by atoms with Crippen LogP contribution in [0.1, 0.15) is 25.0 Å². The summed E-state index contributed by atoms with van der Waals surface area (Å²) in [6, 6.07) is 67.8. The van der Waals surface area contributed by atoms with Crippen LogP contribution in [-0.4, -0.2) is 0 Å². The SMILES string of the molecule is CC1(C)c2ccccc2-c2c1c1ccc(-c3cc(-c4c5ccccc5c(-c5ccccc5)c5ccccc45)c4ccccc4c3)cc1c1ccccc21. The normalized spacial score (nSPS) is 13.2. The molecule has 0 N–H and O–H groups in total. The van der Waals surface area contributed by atoms with Crippen molar-refractivity contribution in [1.82, 2.24) is 0 Å². The molecule has 10 aromatic carbocycles. The highest BCUT2D eigenvalue weighted by atomic mass is 14.4. The fraction of sp³-hybridized carbons (Fsp3) is 0.0566. The molecule has 0 unspecified atom stereocenters. The van der Waals surface area contributed by atoms with Crippen LogP contribution in [0.2, 0.25) is 0 Å². The molecule has 0 bridgehead atoms. The zero-order valence-corrected chi connectivity index (χ0v) is 29.8. The van der Waals surface area contributed by atoms with Gasteiger partial charge in [-0.3, -0.25) is 0 Å². The molecule has 0 fully saturated rings. The molecule has 0 amide bonds. The maximum Gasteiger partial charge on any atom is 0.0165 e. The molecule has 0 atom stereocenters. The summed E-state index contributed by atoms with van der Waals surface area (Å²) >= 11 is 0. The Hall–Kier alpha value is -6.50. The molecule has 0 spiro atoms. The van der Waals surface area contributed by atoms with E-state index < -0.39 is 0 Å². The minimum absolute atomic E-state index is 0.0974. The fourth-order valence-corrected chi connectivity index (χ4v) is 9.70. The van der Waals surface area contributed by atoms with Gasteiger partial charge in [-0.15, -0.1) is 0 Å². The summed E-state index contributed by atoms with van der Waals surface area (Å²) in [4.78, 5) is 0. The van der Waals surface area contributed by atoms with Gasteiger partial charge in [-0.05, 0) is 128 Å². The quantitative estimate of drug-likeness (QED) is 0.129. The molecule has 248 valence electrons. The third-order valence-electron chi connectivity index (χ3n) is 12.0. The van der Waals surface area contributed by atoms with Gasteiger partial charge < -0.3 is 0 Å². The van der Waals surface area contributed by atoms with E-state index in [2.05, 4.69) is 196 Å². The summed E-state index contributed by atoms with van der Waals surface area (Å²) in [5.41, 5.74) is 13.1. The summed E-state index contributed by atoms with van der Waals surface area (Å²) in [7, 11) is 0. The Morgan fingerprint density at radius 2 is 0.849 bits per heavy atom. The number of hydrogen-bond acceptors (Lipinski definition) is 0. The standard InChI is InChI=1S/C53H36/c1-53(2)48-27-15-14-26-45(48)51-39-21-9-8-20-38(39)46-31-34(28-29-44(46)52(51)53)36-30-35-18-6-7-19-37(35)47(32-36)50-42-24-12-10-22-40(42)49(33-16-4-3-5-17-33)41-23-11-13-25-43(41)50/h3-32H,1-2H3. The van der Waals surface area contributed by atoms with E-state index in [1.807, 2.05) is 0 Å². The molecule has 0 saturated carbocycles. The fourth-order valence-electron chi connectivity index (χ4n) is 9.70. The molecule has 53 heavy (non-hydrogen) atoms. The van der Waals surface area contributed by atoms with E-state index in [1.54, 1.807) is 0 Å². The second-order valence-corrected chi connectivity index (χ2v) is 15.2. The van der Waals surface area contributed by atoms with Crippen LogP contribution in [-0.2, 0) is 5.41 Å². The van der Waals surface area contributed by atoms with Crippen molar-refractivity contribution < 1.29 is 0 Å². The minimum Gasteiger partial charge on any atom is -0.0622 e. The second-order valence-electron chi connectivity index (χ2n) is 15.2. The highest BCUT2D eigenvalue weighted by Gasteiger charge is 2.38. The van der Waals surface area contributed by atoms with Crippen molar-refractivity contribution in [2.24, 2.45) is 0 Å². The average molecular weight is 673 g/mol. The van der Waals surface area contributed by atoms with E-state index in [0.29, 0.717) is 0 Å². The number of benzene rings is 10. The van der Waals surface area contributed by atoms with Gasteiger partial charge in [0, 0.05) is 5.41 Å². The molecule has 0 heterocycles. The van der Waals surface area contributed by atoms with Crippen molar-refractivity contribution in [3.05, 3.63) is 193 Å². The van der Waals surface area contributed by atoms with Crippen LogP contribution in [0, 0.1) is 0 Å². The van der Waals surface area contributed by atoms with Gasteiger partial charge in [0.25, 0.3) is 0 Å². The zero-order valence-electron chi connectivity index (χ0n) is 29.8. The van der Waals surface area contributed by atoms with Crippen molar-refractivity contribution >= 4 is 53.9 Å². The smallest absolute Gasteiger partial charge is 0.0165 e. The Morgan fingerprint density at radius 1 is 0.302 bits per heavy atom. The van der Waals surface area contributed by atoms with E-state index in [-0.39, 0.29) is 5.41 Å². The molecule has 0 nitrogen and oxygen atoms in total. The average Bonchev–Trinajstić information content (AvgIpc) is 3.46. The van der Waals surface area contributed by atoms with Crippen LogP contribution in [0.25, 0.3) is 98.4 Å². The number of fused-ring (bicyclic) bond motifs is 11. The first kappa shape index (κ1) is 30.2. The number of hydrogen-bond donors (Lipinski definition) is 0. The molecule has 10 aromatic rings. The Bertz CT molecular complexity index is 3070. The highest BCUT2D eigenvalue weighted by Crippen LogP contribution is 2.55. The highest BCUT2D eigenvalue weighted by molar-refractivity contribution is 6.24. The first-order valence-electron chi connectivity index (χ1n) is 18.7. The van der Waals surface area contributed by atoms with E-state index in [9.17, 15) is 0 Å². The first-order valence-corrected chi connectivity index (χ1v) is 18.7. The van der Waals surface area contributed by atoms with Crippen LogP contribution in [0.3, 0.4) is 0 Å². The van der Waals surface area contributed by atoms with Crippen LogP contribution in [0.15, 0.2) is 182 Å². The lowest BCUT2D eigenvalue weighted by Gasteiger charge is -2.24. The van der Waals surface area contributed by atoms with E-state index in [1.165, 1.54) is 109 Å². The van der Waals surface area contributed by atoms with Crippen LogP contribution < -0.4 is 0 Å². The van der Waals surface area contributed by atoms with Gasteiger partial charge in [0.05, 0.1) is 0 Å². The molecule has 1 aliphatic rings. The molecule has 1 aliphatic carbocycles. The predicted molar refractivity (Wildman–Crippen MR) is 228 cm³/mol. The van der Waals surface area contributed by atoms with Crippen molar-refractivity contribution in [3.8, 4) is 44.5 Å². The Kier molecular flexibility index (Phi) is 6.40. The lowest BCUT2D eigenvalue weighted by atomic mass is 9.78. The minimum atomic E-state index is -0.0974. The van der Waals surface area contributed by atoms with Gasteiger partial charge in [0.15, 0.2) is 0 Å². The monoisotopic (exact) mass is 672 g/mol. The van der Waals surface area contributed by atoms with Gasteiger partial charge in [-0.2, -0.15) is 0 Å². The lowest BCUT2D eigenvalue weighted by Crippen LogP contribution is -2.15. The van der Waals surface area contributed by atoms with Gasteiger partial charge in [0.1, 0.15) is 0 Å². The van der Waals surface area contributed by atoms with Crippen molar-refractivity contribution in [2.75, 3.05) is 0 Å². The van der Waals surface area contributed by atoms with E-state index >= 15 is 0 Å². The van der Waals surface area contributed by atoms with Crippen molar-refractivity contribution in [2.45, 2.75) is 19.3 Å². The third-order valence-corrected chi connectivity index (χ3v) is 12.0. The van der Waals surface area contributed by atoms with Crippen LogP contribution in [0.4, 0.5) is 0 Å². The molecular formula is C53H36. The number of rotatable bonds is 3. The summed E-state index contributed by atoms with van der Waals surface area (Å²) in [6.07, 6.45) is 0. The van der Waals surface area contributed by atoms with Crippen LogP contribution in [0.5, 0.6) is 0 Å². The summed E-state index contributed by atoms with van der Waals surface area (Å²) in [5, 5.41) is 12.9. The van der Waals surface area contributed by atoms with Gasteiger partial charge in [-0.1, -0.05) is 178 Å². The van der Waals surface area contributed by atoms with Crippen LogP contribution >= 0.6 is 0 Å². The molecular weight excluding hydrogens is 637 g/mol. The maximum atomic E-state index is 2.46. The largest absolute Gasteiger partial charge is 0.0622 e. The first-order chi connectivity index (χ1) is 26.1. The molecule has 0 radical (unpaired) electrons. The topological polar surface area (TPSA) is 0 Å². The lowest BCUT2D eigenvalue weighted by molar-refractivity contribution is 0.666. The summed E-state index contributed by atoms with van der Waals surface area (Å²) in [6.45, 7) is 4.79. The molecule has 0 heteroatoms. The molecule has 0 aliphatic heterocycles. The van der Waals surface area contributed by atoms with Crippen molar-refractivity contribution in [3.63, 3.8) is 0 Å². The summed E-state index contributed by atoms with van der Waals surface area (Å²) in [5.74, 6) is 0. The maximum absolute atomic E-state index is 2.46. The van der Waals surface area contributed by atoms with Gasteiger partial charge >= 0.3 is 0 Å². The molecule has 11 rings (SSSR count). The Labute approximate surface area is 309 Å². The van der Waals surface area contributed by atoms with Crippen molar-refractivity contribution in [1.29, 1.82) is 0 Å². The second kappa shape index (κ2) is 11.2. The van der Waals surface area contributed by atoms with Gasteiger partial charge in [-0.25, -0.2) is 0 Å². The Morgan fingerprint density at radius 3 is 1.55 bits per heavy atom. The zero-order chi connectivity index (χ0) is 35.3. The Balaban J connectivity index is 1.21.